The van der Waals surface area contributed by atoms with Gasteiger partial charge >= 0.3 is 0 Å². The number of nitrogens with zero attached hydrogens (tertiary/aromatic N) is 6. The van der Waals surface area contributed by atoms with Crippen molar-refractivity contribution in [2.24, 2.45) is 0 Å². The molecule has 0 aliphatic heterocycles. The fraction of sp³-hybridized carbons (Fsp3) is 0.0192. The van der Waals surface area contributed by atoms with Gasteiger partial charge in [-0.1, -0.05) is 187 Å². The fourth-order valence-corrected chi connectivity index (χ4v) is 16.9. The van der Waals surface area contributed by atoms with Crippen LogP contribution in [0, 0.1) is 50.2 Å². The minimum Gasteiger partial charge on any atom is -0.305 e. The third kappa shape index (κ3) is 20.1. The summed E-state index contributed by atoms with van der Waals surface area (Å²) < 4.78 is 7.99. The quantitative estimate of drug-likeness (QED) is 0.134. The summed E-state index contributed by atoms with van der Waals surface area (Å²) in [4.78, 5) is 26.4. The Balaban J connectivity index is 0.000000124. The van der Waals surface area contributed by atoms with E-state index in [1.54, 1.807) is 6.20 Å². The molecule has 0 N–H and O–H groups in total. The van der Waals surface area contributed by atoms with Crippen molar-refractivity contribution in [2.75, 3.05) is 0 Å². The second-order valence-electron chi connectivity index (χ2n) is 26.4. The van der Waals surface area contributed by atoms with E-state index in [2.05, 4.69) is 242 Å². The van der Waals surface area contributed by atoms with Gasteiger partial charge in [-0.3, -0.25) is 0 Å². The maximum atomic E-state index is 4.53. The zero-order valence-electron chi connectivity index (χ0n) is 62.9. The van der Waals surface area contributed by atoms with Crippen molar-refractivity contribution in [1.29, 1.82) is 0 Å². The van der Waals surface area contributed by atoms with E-state index < -0.39 is 0 Å². The van der Waals surface area contributed by atoms with Crippen molar-refractivity contribution in [3.8, 4) is 101 Å². The van der Waals surface area contributed by atoms with Gasteiger partial charge < -0.3 is 29.9 Å². The van der Waals surface area contributed by atoms with E-state index in [1.165, 1.54) is 93.9 Å². The van der Waals surface area contributed by atoms with E-state index in [4.69, 9.17) is 0 Å². The van der Waals surface area contributed by atoms with Gasteiger partial charge in [-0.15, -0.1) is 237 Å². The number of thiophene rings is 3. The Labute approximate surface area is 729 Å². The number of fused-ring (bicyclic) bond motifs is 9. The second kappa shape index (κ2) is 40.4. The van der Waals surface area contributed by atoms with Gasteiger partial charge in [0.25, 0.3) is 0 Å². The van der Waals surface area contributed by atoms with Crippen LogP contribution in [0.5, 0.6) is 0 Å². The first-order valence-corrected chi connectivity index (χ1v) is 39.5. The number of aryl methyl sites for hydroxylation is 2. The van der Waals surface area contributed by atoms with Gasteiger partial charge in [0.2, 0.25) is 0 Å². The Morgan fingerprint density at radius 3 is 1.01 bits per heavy atom. The molecule has 21 aromatic rings. The molecule has 0 atom stereocenters. The summed E-state index contributed by atoms with van der Waals surface area (Å²) >= 11 is 5.56. The van der Waals surface area contributed by atoms with Crippen molar-refractivity contribution in [1.82, 2.24) is 29.9 Å². The van der Waals surface area contributed by atoms with E-state index in [9.17, 15) is 0 Å². The standard InChI is InChI=1S/3C23H14NS.2C12H10N.C11H8N.3Ir/c1-2-10-22-19(6-1)20-8-5-7-18(23(20)25-22)16-11-13-17(14-12-16)21-9-3-4-15-24-21;1-2-7-22-19(5-1)20-13-12-18(15-23(20)25-22)16-8-10-17(11-9-16)21-6-3-4-14-24-21;1-2-7-16(8-3-1)21-15-17(13-14-24-21)18-10-6-11-20-19-9-4-5-12-22(19)25-23(18)20;2*1-10-6-5-9-12(13-10)11-7-3-2-4-8-11;1-2-6-10(7-3-1)11-8-4-5-9-12-11;;;/h1-13,15H;1-10,12-15H;1-7,9-15H;2*2-7,9H,1H3;1-6,8-9H;;;/q6*-1;;;. The summed E-state index contributed by atoms with van der Waals surface area (Å²) in [6, 6.07) is 143. The van der Waals surface area contributed by atoms with Gasteiger partial charge in [-0.25, -0.2) is 0 Å². The first-order chi connectivity index (χ1) is 55.9. The van der Waals surface area contributed by atoms with E-state index in [0.29, 0.717) is 0 Å². The average Bonchev–Trinajstić information content (AvgIpc) is 1.62. The first-order valence-electron chi connectivity index (χ1n) is 37.1. The van der Waals surface area contributed by atoms with Gasteiger partial charge in [0.1, 0.15) is 0 Å². The van der Waals surface area contributed by atoms with Crippen LogP contribution in [-0.2, 0) is 60.3 Å². The van der Waals surface area contributed by atoms with E-state index in [1.807, 2.05) is 255 Å². The summed E-state index contributed by atoms with van der Waals surface area (Å²) in [6.07, 6.45) is 7.30. The summed E-state index contributed by atoms with van der Waals surface area (Å²) in [5.74, 6) is 0. The molecule has 21 rings (SSSR count). The van der Waals surface area contributed by atoms with Crippen molar-refractivity contribution < 1.29 is 60.3 Å². The summed E-state index contributed by atoms with van der Waals surface area (Å²) in [6.45, 7) is 3.98. The number of hydrogen-bond acceptors (Lipinski definition) is 9. The normalized spacial score (nSPS) is 10.5. The van der Waals surface area contributed by atoms with Gasteiger partial charge in [0, 0.05) is 157 Å². The van der Waals surface area contributed by atoms with Gasteiger partial charge in [0.05, 0.1) is 0 Å². The molecular formula is C104H70Ir3N6S3-6. The molecule has 0 fully saturated rings. The molecule has 116 heavy (non-hydrogen) atoms. The minimum atomic E-state index is 0. The smallest absolute Gasteiger partial charge is 0.0433 e. The zero-order valence-corrected chi connectivity index (χ0v) is 72.5. The number of hydrogen-bond donors (Lipinski definition) is 0. The molecule has 9 aromatic heterocycles. The predicted octanol–water partition coefficient (Wildman–Crippen LogP) is 28.0. The van der Waals surface area contributed by atoms with E-state index >= 15 is 0 Å². The Kier molecular flexibility index (Phi) is 28.6. The van der Waals surface area contributed by atoms with Crippen LogP contribution in [0.4, 0.5) is 0 Å². The van der Waals surface area contributed by atoms with Gasteiger partial charge in [-0.05, 0) is 125 Å². The monoisotopic (exact) mass is 2080 g/mol. The summed E-state index contributed by atoms with van der Waals surface area (Å²) in [5.41, 5.74) is 21.4. The van der Waals surface area contributed by atoms with Crippen molar-refractivity contribution in [3.05, 3.63) is 437 Å². The Morgan fingerprint density at radius 1 is 0.224 bits per heavy atom. The Bertz CT molecular complexity index is 6560. The van der Waals surface area contributed by atoms with Crippen LogP contribution in [-0.4, -0.2) is 29.9 Å². The van der Waals surface area contributed by atoms with Crippen LogP contribution in [0.15, 0.2) is 389 Å². The van der Waals surface area contributed by atoms with E-state index in [0.717, 1.165) is 78.9 Å². The molecule has 3 radical (unpaired) electrons. The SMILES string of the molecule is Cc1cccc(-c2[c-]cccc2)n1.Cc1cccc(-c2[c-]cccc2)n1.[Ir].[Ir].[Ir].[c-]1cc(-c2ccc3c(c2)sc2ccccc23)ccc1-c1ccccn1.[c-]1cc(-c2cccc3c2sc2ccccc23)ccc1-c1ccccn1.[c-]1ccccc1-c1cc(-c2cccc3c2sc2ccccc23)ccn1.[c-]1ccccc1-c1ccccn1. The topological polar surface area (TPSA) is 77.3 Å². The van der Waals surface area contributed by atoms with Crippen molar-refractivity contribution in [2.45, 2.75) is 13.8 Å². The second-order valence-corrected chi connectivity index (χ2v) is 29.5. The molecule has 0 spiro atoms. The van der Waals surface area contributed by atoms with Crippen LogP contribution in [0.3, 0.4) is 0 Å². The molecule has 567 valence electrons. The van der Waals surface area contributed by atoms with Crippen LogP contribution in [0.2, 0.25) is 0 Å². The molecule has 12 aromatic carbocycles. The van der Waals surface area contributed by atoms with Crippen LogP contribution >= 0.6 is 34.0 Å². The predicted molar refractivity (Wildman–Crippen MR) is 476 cm³/mol. The molecule has 0 unspecified atom stereocenters. The molecule has 0 amide bonds. The van der Waals surface area contributed by atoms with Crippen LogP contribution in [0.1, 0.15) is 11.4 Å². The Hall–Kier alpha value is -11.9. The number of pyridine rings is 6. The maximum Gasteiger partial charge on any atom is 0.0433 e. The van der Waals surface area contributed by atoms with Crippen molar-refractivity contribution in [3.63, 3.8) is 0 Å². The van der Waals surface area contributed by atoms with E-state index in [-0.39, 0.29) is 60.3 Å². The molecule has 9 heterocycles. The number of rotatable bonds is 9. The minimum absolute atomic E-state index is 0. The van der Waals surface area contributed by atoms with Gasteiger partial charge in [-0.2, -0.15) is 0 Å². The average molecular weight is 2080 g/mol. The zero-order chi connectivity index (χ0) is 76.3. The first kappa shape index (κ1) is 82.1. The summed E-state index contributed by atoms with van der Waals surface area (Å²) in [5, 5.41) is 7.98. The largest absolute Gasteiger partial charge is 0.305 e. The molecule has 0 aliphatic carbocycles. The fourth-order valence-electron chi connectivity index (χ4n) is 13.3. The molecule has 12 heteroatoms. The number of aromatic nitrogens is 6. The maximum absolute atomic E-state index is 4.53. The molecule has 0 bridgehead atoms. The van der Waals surface area contributed by atoms with Crippen LogP contribution < -0.4 is 0 Å². The molecule has 0 aliphatic rings. The molecular weight excluding hydrogens is 2010 g/mol. The summed E-state index contributed by atoms with van der Waals surface area (Å²) in [7, 11) is 0. The van der Waals surface area contributed by atoms with Crippen LogP contribution in [0.25, 0.3) is 161 Å². The number of benzene rings is 12. The Morgan fingerprint density at radius 2 is 0.578 bits per heavy atom. The molecule has 6 nitrogen and oxygen atoms in total. The van der Waals surface area contributed by atoms with Crippen molar-refractivity contribution >= 4 is 94.5 Å². The molecule has 0 saturated heterocycles. The third-order valence-electron chi connectivity index (χ3n) is 18.8. The third-order valence-corrected chi connectivity index (χ3v) is 22.4. The molecule has 0 saturated carbocycles. The van der Waals surface area contributed by atoms with Gasteiger partial charge in [0.15, 0.2) is 0 Å².